The van der Waals surface area contributed by atoms with Crippen LogP contribution in [0.3, 0.4) is 0 Å². The molecule has 2 aliphatic heterocycles. The monoisotopic (exact) mass is 377 g/mol. The molecule has 4 rings (SSSR count). The largest absolute Gasteiger partial charge is 0.482 e. The normalized spacial score (nSPS) is 16.5. The van der Waals surface area contributed by atoms with Crippen LogP contribution in [0.15, 0.2) is 48.5 Å². The van der Waals surface area contributed by atoms with Crippen molar-refractivity contribution >= 4 is 28.9 Å². The van der Waals surface area contributed by atoms with Crippen molar-refractivity contribution < 1.29 is 23.9 Å². The number of amides is 1. The number of Topliss-reactive ketones (excluding diaryl/α,β-unsaturated/α-hetero) is 1. The number of benzene rings is 2. The number of ketones is 1. The van der Waals surface area contributed by atoms with Gasteiger partial charge in [0.25, 0.3) is 11.7 Å². The van der Waals surface area contributed by atoms with E-state index in [9.17, 15) is 14.4 Å². The molecule has 2 aromatic rings. The first-order chi connectivity index (χ1) is 13.3. The highest BCUT2D eigenvalue weighted by Crippen LogP contribution is 2.46. The maximum absolute atomic E-state index is 12.5. The number of esters is 1. The molecular weight excluding hydrogens is 358 g/mol. The van der Waals surface area contributed by atoms with Crippen LogP contribution in [0.5, 0.6) is 11.5 Å². The van der Waals surface area contributed by atoms with Gasteiger partial charge in [0.2, 0.25) is 0 Å². The van der Waals surface area contributed by atoms with Gasteiger partial charge in [0.05, 0.1) is 16.8 Å². The van der Waals surface area contributed by atoms with Gasteiger partial charge in [-0.25, -0.2) is 4.79 Å². The van der Waals surface area contributed by atoms with Crippen molar-refractivity contribution in [3.8, 4) is 11.5 Å². The lowest BCUT2D eigenvalue weighted by Crippen LogP contribution is -2.47. The summed E-state index contributed by atoms with van der Waals surface area (Å²) in [5, 5.41) is 0. The first-order valence-electron chi connectivity index (χ1n) is 8.93. The number of allylic oxidation sites excluding steroid dienone is 1. The molecule has 0 aromatic heterocycles. The van der Waals surface area contributed by atoms with Gasteiger partial charge in [-0.2, -0.15) is 0 Å². The summed E-state index contributed by atoms with van der Waals surface area (Å²) >= 11 is 0. The van der Waals surface area contributed by atoms with Crippen molar-refractivity contribution in [3.05, 3.63) is 59.7 Å². The van der Waals surface area contributed by atoms with Crippen LogP contribution in [0.1, 0.15) is 36.7 Å². The van der Waals surface area contributed by atoms with Crippen molar-refractivity contribution in [1.29, 1.82) is 0 Å². The molecule has 0 aliphatic carbocycles. The molecule has 0 saturated heterocycles. The zero-order chi connectivity index (χ0) is 20.1. The van der Waals surface area contributed by atoms with Crippen molar-refractivity contribution in [3.63, 3.8) is 0 Å². The Morgan fingerprint density at radius 2 is 1.71 bits per heavy atom. The zero-order valence-electron chi connectivity index (χ0n) is 15.8. The molecule has 28 heavy (non-hydrogen) atoms. The van der Waals surface area contributed by atoms with Gasteiger partial charge in [-0.1, -0.05) is 24.3 Å². The number of nitrogens with zero attached hydrogens (tertiary/aromatic N) is 1. The minimum absolute atomic E-state index is 0.214. The quantitative estimate of drug-likeness (QED) is 0.464. The first kappa shape index (κ1) is 18.0. The number of para-hydroxylation sites is 1. The Balaban J connectivity index is 1.62. The third kappa shape index (κ3) is 2.87. The number of rotatable bonds is 4. The minimum atomic E-state index is -0.600. The van der Waals surface area contributed by atoms with Crippen molar-refractivity contribution in [2.45, 2.75) is 26.3 Å². The van der Waals surface area contributed by atoms with Gasteiger partial charge >= 0.3 is 5.97 Å². The van der Waals surface area contributed by atoms with E-state index in [2.05, 4.69) is 0 Å². The third-order valence-corrected chi connectivity index (χ3v) is 4.85. The molecule has 6 heteroatoms. The zero-order valence-corrected chi connectivity index (χ0v) is 15.8. The van der Waals surface area contributed by atoms with Crippen LogP contribution in [0.25, 0.3) is 5.57 Å². The second kappa shape index (κ2) is 6.34. The molecule has 0 radical (unpaired) electrons. The molecule has 1 amide bonds. The number of anilines is 1. The second-order valence-corrected chi connectivity index (χ2v) is 7.39. The van der Waals surface area contributed by atoms with Crippen LogP contribution < -0.4 is 14.4 Å². The van der Waals surface area contributed by atoms with Gasteiger partial charge in [0.15, 0.2) is 6.61 Å². The van der Waals surface area contributed by atoms with Gasteiger partial charge in [-0.15, -0.1) is 0 Å². The van der Waals surface area contributed by atoms with Gasteiger partial charge in [0.1, 0.15) is 11.5 Å². The molecule has 0 bridgehead atoms. The molecule has 6 nitrogen and oxygen atoms in total. The maximum atomic E-state index is 12.5. The molecule has 0 spiro atoms. The topological polar surface area (TPSA) is 72.9 Å². The molecular formula is C22H19NO5. The average Bonchev–Trinajstić information content (AvgIpc) is 2.91. The van der Waals surface area contributed by atoms with Crippen molar-refractivity contribution in [2.75, 3.05) is 11.5 Å². The fourth-order valence-corrected chi connectivity index (χ4v) is 3.74. The van der Waals surface area contributed by atoms with E-state index in [1.165, 1.54) is 11.0 Å². The predicted molar refractivity (Wildman–Crippen MR) is 104 cm³/mol. The summed E-state index contributed by atoms with van der Waals surface area (Å²) in [6.07, 6.45) is 1.93. The molecule has 0 N–H and O–H groups in total. The number of hydrogen-bond donors (Lipinski definition) is 0. The van der Waals surface area contributed by atoms with E-state index in [-0.39, 0.29) is 17.9 Å². The maximum Gasteiger partial charge on any atom is 0.349 e. The minimum Gasteiger partial charge on any atom is -0.482 e. The van der Waals surface area contributed by atoms with E-state index < -0.39 is 23.2 Å². The van der Waals surface area contributed by atoms with E-state index >= 15 is 0 Å². The van der Waals surface area contributed by atoms with Gasteiger partial charge in [-0.3, -0.25) is 14.5 Å². The molecule has 2 heterocycles. The highest BCUT2D eigenvalue weighted by atomic mass is 16.6. The SMILES string of the molecule is CC1=CC(C)(C)N2C(=O)C(=O)c3cc(OC(=O)COc4ccccc4)cc1c32. The summed E-state index contributed by atoms with van der Waals surface area (Å²) in [4.78, 5) is 38.7. The molecule has 0 fully saturated rings. The molecule has 0 atom stereocenters. The summed E-state index contributed by atoms with van der Waals surface area (Å²) in [5.41, 5.74) is 1.87. The van der Waals surface area contributed by atoms with Crippen LogP contribution in [-0.2, 0) is 9.59 Å². The summed E-state index contributed by atoms with van der Waals surface area (Å²) in [6, 6.07) is 12.1. The number of ether oxygens (including phenoxy) is 2. The Hall–Kier alpha value is -3.41. The lowest BCUT2D eigenvalue weighted by atomic mass is 9.89. The molecule has 0 unspecified atom stereocenters. The van der Waals surface area contributed by atoms with E-state index in [0.717, 1.165) is 5.57 Å². The summed E-state index contributed by atoms with van der Waals surface area (Å²) in [6.45, 7) is 5.41. The Morgan fingerprint density at radius 3 is 2.43 bits per heavy atom. The van der Waals surface area contributed by atoms with Crippen molar-refractivity contribution in [2.24, 2.45) is 0 Å². The highest BCUT2D eigenvalue weighted by molar-refractivity contribution is 6.53. The van der Waals surface area contributed by atoms with Crippen LogP contribution in [0.2, 0.25) is 0 Å². The van der Waals surface area contributed by atoms with Gasteiger partial charge in [-0.05, 0) is 50.6 Å². The van der Waals surface area contributed by atoms with Crippen LogP contribution >= 0.6 is 0 Å². The van der Waals surface area contributed by atoms with E-state index in [4.69, 9.17) is 9.47 Å². The van der Waals surface area contributed by atoms with Crippen LogP contribution in [0.4, 0.5) is 5.69 Å². The smallest absolute Gasteiger partial charge is 0.349 e. The van der Waals surface area contributed by atoms with E-state index in [0.29, 0.717) is 17.0 Å². The van der Waals surface area contributed by atoms with E-state index in [1.54, 1.807) is 30.3 Å². The summed E-state index contributed by atoms with van der Waals surface area (Å²) in [5.74, 6) is -0.985. The van der Waals surface area contributed by atoms with Crippen LogP contribution in [0, 0.1) is 0 Å². The Morgan fingerprint density at radius 1 is 1.04 bits per heavy atom. The Labute approximate surface area is 162 Å². The fraction of sp³-hybridized carbons (Fsp3) is 0.227. The summed E-state index contributed by atoms with van der Waals surface area (Å²) < 4.78 is 10.8. The predicted octanol–water partition coefficient (Wildman–Crippen LogP) is 3.40. The fourth-order valence-electron chi connectivity index (χ4n) is 3.74. The number of hydrogen-bond acceptors (Lipinski definition) is 5. The lowest BCUT2D eigenvalue weighted by molar-refractivity contribution is -0.136. The van der Waals surface area contributed by atoms with Gasteiger partial charge < -0.3 is 9.47 Å². The van der Waals surface area contributed by atoms with Crippen LogP contribution in [-0.4, -0.2) is 29.8 Å². The second-order valence-electron chi connectivity index (χ2n) is 7.39. The standard InChI is InChI=1S/C22H19NO5/c1-13-11-22(2,3)23-19-16(13)9-15(10-17(19)20(25)21(23)26)28-18(24)12-27-14-7-5-4-6-8-14/h4-11H,12H2,1-3H3. The number of carbonyl (C=O) groups is 3. The Kier molecular flexibility index (Phi) is 4.07. The van der Waals surface area contributed by atoms with Gasteiger partial charge in [0, 0.05) is 5.56 Å². The molecule has 2 aromatic carbocycles. The molecule has 2 aliphatic rings. The Bertz CT molecular complexity index is 1040. The molecule has 0 saturated carbocycles. The highest BCUT2D eigenvalue weighted by Gasteiger charge is 2.46. The molecule has 142 valence electrons. The first-order valence-corrected chi connectivity index (χ1v) is 8.93. The third-order valence-electron chi connectivity index (χ3n) is 4.85. The lowest BCUT2D eigenvalue weighted by Gasteiger charge is -2.38. The van der Waals surface area contributed by atoms with E-state index in [1.807, 2.05) is 32.9 Å². The average molecular weight is 377 g/mol. The van der Waals surface area contributed by atoms with Crippen molar-refractivity contribution in [1.82, 2.24) is 0 Å². The summed E-state index contributed by atoms with van der Waals surface area (Å²) in [7, 11) is 0. The number of carbonyl (C=O) groups excluding carboxylic acids is 3.